The predicted octanol–water partition coefficient (Wildman–Crippen LogP) is 3.08. The molecular formula is C12H22IN3S. The Hall–Kier alpha value is -0.300. The van der Waals surface area contributed by atoms with Crippen LogP contribution in [0.2, 0.25) is 0 Å². The minimum Gasteiger partial charge on any atom is -0.354 e. The molecule has 1 unspecified atom stereocenters. The number of guanidine groups is 1. The fraction of sp³-hybridized carbons (Fsp3) is 0.583. The standard InChI is InChI=1S/C12H21N3S.HI/c1-9(2)10(3)15-12(13-4)14-7-11-5-6-16-8-11;/h5-6,8-10H,7H2,1-4H3,(H2,13,14,15);1H. The highest BCUT2D eigenvalue weighted by Crippen LogP contribution is 2.05. The molecular weight excluding hydrogens is 345 g/mol. The third kappa shape index (κ3) is 6.26. The van der Waals surface area contributed by atoms with Gasteiger partial charge in [-0.1, -0.05) is 13.8 Å². The first kappa shape index (κ1) is 16.7. The molecule has 0 spiro atoms. The number of nitrogens with zero attached hydrogens (tertiary/aromatic N) is 1. The normalized spacial score (nSPS) is 13.1. The summed E-state index contributed by atoms with van der Waals surface area (Å²) in [6.07, 6.45) is 0. The van der Waals surface area contributed by atoms with Gasteiger partial charge >= 0.3 is 0 Å². The van der Waals surface area contributed by atoms with E-state index in [0.717, 1.165) is 12.5 Å². The molecule has 3 nitrogen and oxygen atoms in total. The SMILES string of the molecule is CN=C(NCc1ccsc1)NC(C)C(C)C.I. The lowest BCUT2D eigenvalue weighted by Gasteiger charge is -2.20. The van der Waals surface area contributed by atoms with Crippen LogP contribution in [0.5, 0.6) is 0 Å². The van der Waals surface area contributed by atoms with Crippen molar-refractivity contribution in [2.45, 2.75) is 33.4 Å². The molecule has 0 aliphatic rings. The van der Waals surface area contributed by atoms with Gasteiger partial charge in [-0.3, -0.25) is 4.99 Å². The largest absolute Gasteiger partial charge is 0.354 e. The van der Waals surface area contributed by atoms with Gasteiger partial charge in [-0.25, -0.2) is 0 Å². The van der Waals surface area contributed by atoms with Crippen LogP contribution in [0.1, 0.15) is 26.3 Å². The van der Waals surface area contributed by atoms with Gasteiger partial charge in [-0.2, -0.15) is 11.3 Å². The number of aliphatic imine (C=N–C) groups is 1. The van der Waals surface area contributed by atoms with E-state index in [4.69, 9.17) is 0 Å². The summed E-state index contributed by atoms with van der Waals surface area (Å²) in [6, 6.07) is 2.55. The summed E-state index contributed by atoms with van der Waals surface area (Å²) < 4.78 is 0. The van der Waals surface area contributed by atoms with Crippen LogP contribution < -0.4 is 10.6 Å². The molecule has 0 aliphatic carbocycles. The summed E-state index contributed by atoms with van der Waals surface area (Å²) in [4.78, 5) is 4.21. The van der Waals surface area contributed by atoms with Crippen molar-refractivity contribution in [1.82, 2.24) is 10.6 Å². The van der Waals surface area contributed by atoms with Crippen molar-refractivity contribution in [1.29, 1.82) is 0 Å². The number of nitrogens with one attached hydrogen (secondary N) is 2. The maximum atomic E-state index is 4.21. The van der Waals surface area contributed by atoms with E-state index in [9.17, 15) is 0 Å². The van der Waals surface area contributed by atoms with E-state index in [0.29, 0.717) is 12.0 Å². The van der Waals surface area contributed by atoms with Crippen LogP contribution in [-0.2, 0) is 6.54 Å². The summed E-state index contributed by atoms with van der Waals surface area (Å²) in [5, 5.41) is 10.9. The van der Waals surface area contributed by atoms with Crippen LogP contribution in [0.25, 0.3) is 0 Å². The van der Waals surface area contributed by atoms with E-state index >= 15 is 0 Å². The fourth-order valence-electron chi connectivity index (χ4n) is 1.16. The molecule has 5 heteroatoms. The molecule has 17 heavy (non-hydrogen) atoms. The number of halogens is 1. The van der Waals surface area contributed by atoms with E-state index < -0.39 is 0 Å². The van der Waals surface area contributed by atoms with Crippen molar-refractivity contribution in [3.8, 4) is 0 Å². The predicted molar refractivity (Wildman–Crippen MR) is 87.4 cm³/mol. The van der Waals surface area contributed by atoms with Crippen LogP contribution in [-0.4, -0.2) is 19.0 Å². The minimum absolute atomic E-state index is 0. The zero-order chi connectivity index (χ0) is 12.0. The Morgan fingerprint density at radius 2 is 2.12 bits per heavy atom. The number of hydrogen-bond acceptors (Lipinski definition) is 2. The molecule has 0 saturated heterocycles. The van der Waals surface area contributed by atoms with E-state index in [2.05, 4.69) is 53.2 Å². The molecule has 0 saturated carbocycles. The summed E-state index contributed by atoms with van der Waals surface area (Å²) in [7, 11) is 1.80. The second-order valence-corrected chi connectivity index (χ2v) is 5.01. The molecule has 1 aromatic rings. The van der Waals surface area contributed by atoms with Gasteiger partial charge in [-0.15, -0.1) is 24.0 Å². The van der Waals surface area contributed by atoms with Gasteiger partial charge in [0.2, 0.25) is 0 Å². The van der Waals surface area contributed by atoms with Gasteiger partial charge in [0.05, 0.1) is 0 Å². The first-order valence-corrected chi connectivity index (χ1v) is 6.56. The fourth-order valence-corrected chi connectivity index (χ4v) is 1.82. The maximum absolute atomic E-state index is 4.21. The van der Waals surface area contributed by atoms with Crippen LogP contribution in [0.3, 0.4) is 0 Å². The topological polar surface area (TPSA) is 36.4 Å². The van der Waals surface area contributed by atoms with Crippen LogP contribution in [0.4, 0.5) is 0 Å². The first-order valence-electron chi connectivity index (χ1n) is 5.61. The van der Waals surface area contributed by atoms with Gasteiger partial charge in [-0.05, 0) is 35.2 Å². The van der Waals surface area contributed by atoms with Gasteiger partial charge in [0.25, 0.3) is 0 Å². The van der Waals surface area contributed by atoms with Crippen LogP contribution >= 0.6 is 35.3 Å². The molecule has 0 amide bonds. The Morgan fingerprint density at radius 1 is 1.41 bits per heavy atom. The first-order chi connectivity index (χ1) is 7.63. The van der Waals surface area contributed by atoms with Gasteiger partial charge < -0.3 is 10.6 Å². The highest BCUT2D eigenvalue weighted by Gasteiger charge is 2.08. The average molecular weight is 367 g/mol. The molecule has 0 bridgehead atoms. The van der Waals surface area contributed by atoms with Crippen molar-refractivity contribution in [3.63, 3.8) is 0 Å². The molecule has 98 valence electrons. The zero-order valence-corrected chi connectivity index (χ0v) is 14.0. The lowest BCUT2D eigenvalue weighted by Crippen LogP contribution is -2.43. The molecule has 0 fully saturated rings. The van der Waals surface area contributed by atoms with Crippen molar-refractivity contribution in [2.24, 2.45) is 10.9 Å². The molecule has 1 rings (SSSR count). The summed E-state index contributed by atoms with van der Waals surface area (Å²) in [5.41, 5.74) is 1.30. The van der Waals surface area contributed by atoms with E-state index in [1.54, 1.807) is 18.4 Å². The lowest BCUT2D eigenvalue weighted by molar-refractivity contribution is 0.481. The van der Waals surface area contributed by atoms with Crippen molar-refractivity contribution >= 4 is 41.3 Å². The number of thiophene rings is 1. The molecule has 0 radical (unpaired) electrons. The monoisotopic (exact) mass is 367 g/mol. The Balaban J connectivity index is 0.00000256. The smallest absolute Gasteiger partial charge is 0.191 e. The minimum atomic E-state index is 0. The molecule has 0 aromatic carbocycles. The summed E-state index contributed by atoms with van der Waals surface area (Å²) in [5.74, 6) is 1.46. The Bertz CT molecular complexity index is 323. The van der Waals surface area contributed by atoms with E-state index in [1.807, 2.05) is 0 Å². The van der Waals surface area contributed by atoms with Crippen molar-refractivity contribution < 1.29 is 0 Å². The highest BCUT2D eigenvalue weighted by molar-refractivity contribution is 14.0. The molecule has 0 aliphatic heterocycles. The van der Waals surface area contributed by atoms with Crippen molar-refractivity contribution in [2.75, 3.05) is 7.05 Å². The quantitative estimate of drug-likeness (QED) is 0.488. The third-order valence-electron chi connectivity index (χ3n) is 2.63. The van der Waals surface area contributed by atoms with Crippen LogP contribution in [0, 0.1) is 5.92 Å². The average Bonchev–Trinajstić information content (AvgIpc) is 2.76. The number of hydrogen-bond donors (Lipinski definition) is 2. The second kappa shape index (κ2) is 8.74. The molecule has 1 atom stereocenters. The molecule has 1 heterocycles. The lowest BCUT2D eigenvalue weighted by atomic mass is 10.1. The summed E-state index contributed by atoms with van der Waals surface area (Å²) in [6.45, 7) is 7.39. The third-order valence-corrected chi connectivity index (χ3v) is 3.36. The molecule has 1 aromatic heterocycles. The zero-order valence-electron chi connectivity index (χ0n) is 10.9. The van der Waals surface area contributed by atoms with Gasteiger partial charge in [0.15, 0.2) is 5.96 Å². The van der Waals surface area contributed by atoms with Crippen molar-refractivity contribution in [3.05, 3.63) is 22.4 Å². The van der Waals surface area contributed by atoms with E-state index in [-0.39, 0.29) is 24.0 Å². The van der Waals surface area contributed by atoms with Gasteiger partial charge in [0.1, 0.15) is 0 Å². The Morgan fingerprint density at radius 3 is 2.59 bits per heavy atom. The van der Waals surface area contributed by atoms with E-state index in [1.165, 1.54) is 5.56 Å². The van der Waals surface area contributed by atoms with Crippen LogP contribution in [0.15, 0.2) is 21.8 Å². The molecule has 2 N–H and O–H groups in total. The maximum Gasteiger partial charge on any atom is 0.191 e. The summed E-state index contributed by atoms with van der Waals surface area (Å²) >= 11 is 1.72. The van der Waals surface area contributed by atoms with Gasteiger partial charge in [0, 0.05) is 19.6 Å². The highest BCUT2D eigenvalue weighted by atomic mass is 127. The Kier molecular flexibility index (Phi) is 8.59. The Labute approximate surface area is 125 Å². The second-order valence-electron chi connectivity index (χ2n) is 4.23. The number of rotatable bonds is 4.